The van der Waals surface area contributed by atoms with E-state index in [-0.39, 0.29) is 24.1 Å². The Morgan fingerprint density at radius 1 is 1.30 bits per heavy atom. The lowest BCUT2D eigenvalue weighted by molar-refractivity contribution is -0.125. The molecule has 0 spiro atoms. The number of carbonyl (C=O) groups is 2. The fourth-order valence-electron chi connectivity index (χ4n) is 2.83. The lowest BCUT2D eigenvalue weighted by Crippen LogP contribution is -2.42. The van der Waals surface area contributed by atoms with Crippen LogP contribution in [0.4, 0.5) is 0 Å². The topological polar surface area (TPSA) is 64.6 Å². The molecule has 126 valence electrons. The first kappa shape index (κ1) is 17.6. The zero-order valence-electron chi connectivity index (χ0n) is 13.4. The first-order chi connectivity index (χ1) is 11.0. The van der Waals surface area contributed by atoms with Gasteiger partial charge in [0.05, 0.1) is 7.11 Å². The summed E-state index contributed by atoms with van der Waals surface area (Å²) in [5.74, 6) is -0.0913. The van der Waals surface area contributed by atoms with Gasteiger partial charge < -0.3 is 14.8 Å². The molecule has 1 saturated carbocycles. The number of benzene rings is 1. The zero-order chi connectivity index (χ0) is 16.8. The summed E-state index contributed by atoms with van der Waals surface area (Å²) in [6.45, 7) is 1.82. The molecular weight excluding hydrogens is 318 g/mol. The standard InChI is InChI=1S/C17H22ClNO4/c1-11-5-3-4-6-14(11)19-16(20)10-23-17(21)13-9-12(18)7-8-15(13)22-2/h7-9,11,14H,3-6,10H2,1-2H3,(H,19,20)/t11-,14-/m1/s1. The van der Waals surface area contributed by atoms with Gasteiger partial charge in [0, 0.05) is 11.1 Å². The number of methoxy groups -OCH3 is 1. The number of rotatable bonds is 5. The summed E-state index contributed by atoms with van der Waals surface area (Å²) in [6, 6.07) is 4.83. The highest BCUT2D eigenvalue weighted by molar-refractivity contribution is 6.31. The third-order valence-electron chi connectivity index (χ3n) is 4.17. The molecular formula is C17H22ClNO4. The van der Waals surface area contributed by atoms with E-state index in [1.54, 1.807) is 12.1 Å². The Morgan fingerprint density at radius 2 is 2.04 bits per heavy atom. The molecule has 23 heavy (non-hydrogen) atoms. The molecule has 2 atom stereocenters. The minimum Gasteiger partial charge on any atom is -0.496 e. The molecule has 0 bridgehead atoms. The number of carbonyl (C=O) groups excluding carboxylic acids is 2. The minimum atomic E-state index is -0.629. The number of halogens is 1. The third kappa shape index (κ3) is 4.86. The minimum absolute atomic E-state index is 0.163. The maximum absolute atomic E-state index is 12.1. The van der Waals surface area contributed by atoms with Gasteiger partial charge in [0.1, 0.15) is 11.3 Å². The molecule has 1 fully saturated rings. The van der Waals surface area contributed by atoms with E-state index in [0.717, 1.165) is 19.3 Å². The van der Waals surface area contributed by atoms with Gasteiger partial charge >= 0.3 is 5.97 Å². The number of amides is 1. The summed E-state index contributed by atoms with van der Waals surface area (Å²) < 4.78 is 10.2. The molecule has 1 aromatic rings. The first-order valence-corrected chi connectivity index (χ1v) is 8.19. The fraction of sp³-hybridized carbons (Fsp3) is 0.529. The molecule has 0 aromatic heterocycles. The highest BCUT2D eigenvalue weighted by Gasteiger charge is 2.23. The van der Waals surface area contributed by atoms with Gasteiger partial charge in [-0.05, 0) is 37.0 Å². The quantitative estimate of drug-likeness (QED) is 0.837. The summed E-state index contributed by atoms with van der Waals surface area (Å²) in [5.41, 5.74) is 0.207. The van der Waals surface area contributed by atoms with Crippen molar-refractivity contribution in [3.05, 3.63) is 28.8 Å². The Labute approximate surface area is 141 Å². The molecule has 1 aromatic carbocycles. The van der Waals surface area contributed by atoms with Crippen molar-refractivity contribution in [2.45, 2.75) is 38.6 Å². The van der Waals surface area contributed by atoms with Crippen molar-refractivity contribution in [2.24, 2.45) is 5.92 Å². The molecule has 5 nitrogen and oxygen atoms in total. The van der Waals surface area contributed by atoms with E-state index < -0.39 is 5.97 Å². The van der Waals surface area contributed by atoms with Crippen molar-refractivity contribution in [3.63, 3.8) is 0 Å². The van der Waals surface area contributed by atoms with E-state index >= 15 is 0 Å². The fourth-order valence-corrected chi connectivity index (χ4v) is 3.00. The Balaban J connectivity index is 1.88. The van der Waals surface area contributed by atoms with E-state index in [9.17, 15) is 9.59 Å². The summed E-state index contributed by atoms with van der Waals surface area (Å²) >= 11 is 5.88. The Morgan fingerprint density at radius 3 is 2.74 bits per heavy atom. The lowest BCUT2D eigenvalue weighted by atomic mass is 9.86. The molecule has 0 aliphatic heterocycles. The number of hydrogen-bond acceptors (Lipinski definition) is 4. The average Bonchev–Trinajstić information content (AvgIpc) is 2.54. The van der Waals surface area contributed by atoms with Crippen LogP contribution in [-0.4, -0.2) is 31.6 Å². The van der Waals surface area contributed by atoms with E-state index in [1.807, 2.05) is 0 Å². The predicted octanol–water partition coefficient (Wildman–Crippen LogP) is 3.20. The van der Waals surface area contributed by atoms with Crippen LogP contribution in [0.25, 0.3) is 0 Å². The molecule has 1 amide bonds. The smallest absolute Gasteiger partial charge is 0.342 e. The molecule has 1 aliphatic carbocycles. The number of esters is 1. The number of ether oxygens (including phenoxy) is 2. The largest absolute Gasteiger partial charge is 0.496 e. The Hall–Kier alpha value is -1.75. The maximum atomic E-state index is 12.1. The normalized spacial score (nSPS) is 20.7. The van der Waals surface area contributed by atoms with E-state index in [2.05, 4.69) is 12.2 Å². The van der Waals surface area contributed by atoms with Gasteiger partial charge in [-0.2, -0.15) is 0 Å². The van der Waals surface area contributed by atoms with Gasteiger partial charge in [-0.15, -0.1) is 0 Å². The van der Waals surface area contributed by atoms with Gasteiger partial charge in [0.2, 0.25) is 0 Å². The predicted molar refractivity (Wildman–Crippen MR) is 87.8 cm³/mol. The van der Waals surface area contributed by atoms with Crippen LogP contribution in [0.5, 0.6) is 5.75 Å². The van der Waals surface area contributed by atoms with Gasteiger partial charge in [-0.1, -0.05) is 31.4 Å². The third-order valence-corrected chi connectivity index (χ3v) is 4.41. The highest BCUT2D eigenvalue weighted by atomic mass is 35.5. The van der Waals surface area contributed by atoms with Crippen molar-refractivity contribution in [1.29, 1.82) is 0 Å². The van der Waals surface area contributed by atoms with Crippen molar-refractivity contribution in [1.82, 2.24) is 5.32 Å². The molecule has 6 heteroatoms. The second-order valence-electron chi connectivity index (χ2n) is 5.86. The van der Waals surface area contributed by atoms with E-state index in [0.29, 0.717) is 16.7 Å². The van der Waals surface area contributed by atoms with Crippen molar-refractivity contribution >= 4 is 23.5 Å². The Kier molecular flexibility index (Phi) is 6.28. The van der Waals surface area contributed by atoms with Crippen LogP contribution in [-0.2, 0) is 9.53 Å². The molecule has 0 saturated heterocycles. The van der Waals surface area contributed by atoms with Gasteiger partial charge in [-0.3, -0.25) is 4.79 Å². The van der Waals surface area contributed by atoms with Gasteiger partial charge in [0.25, 0.3) is 5.91 Å². The zero-order valence-corrected chi connectivity index (χ0v) is 14.2. The highest BCUT2D eigenvalue weighted by Crippen LogP contribution is 2.24. The number of hydrogen-bond donors (Lipinski definition) is 1. The van der Waals surface area contributed by atoms with Crippen LogP contribution >= 0.6 is 11.6 Å². The molecule has 1 N–H and O–H groups in total. The molecule has 1 aliphatic rings. The molecule has 0 heterocycles. The molecule has 0 unspecified atom stereocenters. The summed E-state index contributed by atoms with van der Waals surface area (Å²) in [4.78, 5) is 24.1. The first-order valence-electron chi connectivity index (χ1n) is 7.81. The lowest BCUT2D eigenvalue weighted by Gasteiger charge is -2.29. The van der Waals surface area contributed by atoms with Crippen LogP contribution in [0.3, 0.4) is 0 Å². The van der Waals surface area contributed by atoms with Crippen LogP contribution in [0.2, 0.25) is 5.02 Å². The summed E-state index contributed by atoms with van der Waals surface area (Å²) in [7, 11) is 1.46. The van der Waals surface area contributed by atoms with Crippen LogP contribution in [0.15, 0.2) is 18.2 Å². The van der Waals surface area contributed by atoms with Gasteiger partial charge in [0.15, 0.2) is 6.61 Å². The van der Waals surface area contributed by atoms with Crippen molar-refractivity contribution in [2.75, 3.05) is 13.7 Å². The summed E-state index contributed by atoms with van der Waals surface area (Å²) in [6.07, 6.45) is 4.42. The van der Waals surface area contributed by atoms with Crippen LogP contribution < -0.4 is 10.1 Å². The maximum Gasteiger partial charge on any atom is 0.342 e. The van der Waals surface area contributed by atoms with Crippen molar-refractivity contribution < 1.29 is 19.1 Å². The second-order valence-corrected chi connectivity index (χ2v) is 6.29. The average molecular weight is 340 g/mol. The monoisotopic (exact) mass is 339 g/mol. The van der Waals surface area contributed by atoms with Crippen LogP contribution in [0.1, 0.15) is 43.0 Å². The summed E-state index contributed by atoms with van der Waals surface area (Å²) in [5, 5.41) is 3.34. The SMILES string of the molecule is COc1ccc(Cl)cc1C(=O)OCC(=O)N[C@@H]1CCCC[C@H]1C. The molecule has 0 radical (unpaired) electrons. The van der Waals surface area contributed by atoms with Gasteiger partial charge in [-0.25, -0.2) is 4.79 Å². The molecule has 2 rings (SSSR count). The van der Waals surface area contributed by atoms with Crippen LogP contribution in [0, 0.1) is 5.92 Å². The second kappa shape index (κ2) is 8.20. The van der Waals surface area contributed by atoms with E-state index in [1.165, 1.54) is 19.6 Å². The van der Waals surface area contributed by atoms with E-state index in [4.69, 9.17) is 21.1 Å². The number of nitrogens with one attached hydrogen (secondary N) is 1. The Bertz CT molecular complexity index is 576. The van der Waals surface area contributed by atoms with Crippen molar-refractivity contribution in [3.8, 4) is 5.75 Å².